The maximum atomic E-state index is 12.5. The lowest BCUT2D eigenvalue weighted by Gasteiger charge is -2.35. The molecule has 2 saturated heterocycles. The monoisotopic (exact) mass is 365 g/mol. The second-order valence-electron chi connectivity index (χ2n) is 6.45. The summed E-state index contributed by atoms with van der Waals surface area (Å²) in [5, 5.41) is 3.62. The molecule has 0 bridgehead atoms. The summed E-state index contributed by atoms with van der Waals surface area (Å²) in [6.45, 7) is 4.88. The van der Waals surface area contributed by atoms with Crippen molar-refractivity contribution in [2.45, 2.75) is 31.9 Å². The minimum absolute atomic E-state index is 0.0437. The first-order valence-corrected chi connectivity index (χ1v) is 9.18. The number of hydrogen-bond acceptors (Lipinski definition) is 3. The lowest BCUT2D eigenvalue weighted by atomic mass is 10.1. The highest BCUT2D eigenvalue weighted by Gasteiger charge is 2.31. The summed E-state index contributed by atoms with van der Waals surface area (Å²) < 4.78 is 5.61. The molecule has 7 heteroatoms. The van der Waals surface area contributed by atoms with Gasteiger partial charge in [0, 0.05) is 43.4 Å². The van der Waals surface area contributed by atoms with Gasteiger partial charge in [-0.1, -0.05) is 24.6 Å². The molecule has 2 atom stereocenters. The van der Waals surface area contributed by atoms with Crippen LogP contribution in [0.2, 0.25) is 5.02 Å². The Morgan fingerprint density at radius 3 is 2.64 bits per heavy atom. The van der Waals surface area contributed by atoms with E-state index in [1.165, 1.54) is 0 Å². The van der Waals surface area contributed by atoms with Gasteiger partial charge in [-0.05, 0) is 31.0 Å². The molecule has 1 N–H and O–H groups in total. The standard InChI is InChI=1S/C18H24ClN3O3/c1-2-16-15(6-11-25-16)20-18(24)22-9-7-21(8-10-22)17(23)13-4-3-5-14(19)12-13/h3-5,12,15-16H,2,6-11H2,1H3,(H,20,24)/t15-,16+/m1/s1. The topological polar surface area (TPSA) is 61.9 Å². The summed E-state index contributed by atoms with van der Waals surface area (Å²) in [7, 11) is 0. The zero-order valence-electron chi connectivity index (χ0n) is 14.4. The fourth-order valence-electron chi connectivity index (χ4n) is 3.38. The Morgan fingerprint density at radius 2 is 1.96 bits per heavy atom. The molecule has 0 spiro atoms. The Balaban J connectivity index is 1.51. The normalized spacial score (nSPS) is 23.6. The van der Waals surface area contributed by atoms with Gasteiger partial charge in [-0.25, -0.2) is 4.79 Å². The van der Waals surface area contributed by atoms with Crippen LogP contribution in [0.15, 0.2) is 24.3 Å². The zero-order chi connectivity index (χ0) is 17.8. The van der Waals surface area contributed by atoms with Crippen LogP contribution in [0.25, 0.3) is 0 Å². The number of piperazine rings is 1. The number of halogens is 1. The van der Waals surface area contributed by atoms with Gasteiger partial charge in [0.2, 0.25) is 0 Å². The molecule has 3 amide bonds. The van der Waals surface area contributed by atoms with Crippen LogP contribution in [-0.2, 0) is 4.74 Å². The van der Waals surface area contributed by atoms with Gasteiger partial charge in [-0.3, -0.25) is 4.79 Å². The van der Waals surface area contributed by atoms with Gasteiger partial charge in [0.25, 0.3) is 5.91 Å². The van der Waals surface area contributed by atoms with Crippen LogP contribution in [0.3, 0.4) is 0 Å². The predicted octanol–water partition coefficient (Wildman–Crippen LogP) is 2.37. The molecule has 2 fully saturated rings. The quantitative estimate of drug-likeness (QED) is 0.894. The van der Waals surface area contributed by atoms with Crippen molar-refractivity contribution < 1.29 is 14.3 Å². The third-order valence-electron chi connectivity index (χ3n) is 4.85. The molecule has 3 rings (SSSR count). The smallest absolute Gasteiger partial charge is 0.317 e. The molecule has 0 aliphatic carbocycles. The van der Waals surface area contributed by atoms with Crippen molar-refractivity contribution >= 4 is 23.5 Å². The summed E-state index contributed by atoms with van der Waals surface area (Å²) >= 11 is 5.96. The largest absolute Gasteiger partial charge is 0.376 e. The summed E-state index contributed by atoms with van der Waals surface area (Å²) in [5.74, 6) is -0.0437. The van der Waals surface area contributed by atoms with Crippen LogP contribution in [0.1, 0.15) is 30.1 Å². The number of ether oxygens (including phenoxy) is 1. The second kappa shape index (κ2) is 8.06. The number of hydrogen-bond donors (Lipinski definition) is 1. The van der Waals surface area contributed by atoms with Gasteiger partial charge in [-0.15, -0.1) is 0 Å². The molecule has 0 aromatic heterocycles. The molecule has 1 aromatic rings. The third-order valence-corrected chi connectivity index (χ3v) is 5.08. The van der Waals surface area contributed by atoms with Crippen molar-refractivity contribution in [2.24, 2.45) is 0 Å². The first-order chi connectivity index (χ1) is 12.1. The summed E-state index contributed by atoms with van der Waals surface area (Å²) in [5.41, 5.74) is 0.583. The van der Waals surface area contributed by atoms with Crippen molar-refractivity contribution in [1.29, 1.82) is 0 Å². The minimum Gasteiger partial charge on any atom is -0.376 e. The van der Waals surface area contributed by atoms with E-state index in [-0.39, 0.29) is 24.1 Å². The van der Waals surface area contributed by atoms with E-state index in [1.54, 1.807) is 34.1 Å². The van der Waals surface area contributed by atoms with E-state index in [4.69, 9.17) is 16.3 Å². The van der Waals surface area contributed by atoms with Gasteiger partial charge in [0.1, 0.15) is 0 Å². The molecular weight excluding hydrogens is 342 g/mol. The van der Waals surface area contributed by atoms with Crippen LogP contribution < -0.4 is 5.32 Å². The van der Waals surface area contributed by atoms with Crippen molar-refractivity contribution in [1.82, 2.24) is 15.1 Å². The highest BCUT2D eigenvalue weighted by molar-refractivity contribution is 6.30. The lowest BCUT2D eigenvalue weighted by Crippen LogP contribution is -2.55. The number of benzene rings is 1. The highest BCUT2D eigenvalue weighted by Crippen LogP contribution is 2.17. The summed E-state index contributed by atoms with van der Waals surface area (Å²) in [6, 6.07) is 6.98. The molecule has 0 radical (unpaired) electrons. The fourth-order valence-corrected chi connectivity index (χ4v) is 3.57. The molecule has 25 heavy (non-hydrogen) atoms. The van der Waals surface area contributed by atoms with Crippen molar-refractivity contribution in [2.75, 3.05) is 32.8 Å². The Bertz CT molecular complexity index is 632. The third kappa shape index (κ3) is 4.25. The van der Waals surface area contributed by atoms with E-state index in [0.717, 1.165) is 12.8 Å². The molecule has 6 nitrogen and oxygen atoms in total. The van der Waals surface area contributed by atoms with Crippen LogP contribution in [0.5, 0.6) is 0 Å². The van der Waals surface area contributed by atoms with Crippen LogP contribution in [0.4, 0.5) is 4.79 Å². The Morgan fingerprint density at radius 1 is 1.24 bits per heavy atom. The highest BCUT2D eigenvalue weighted by atomic mass is 35.5. The van der Waals surface area contributed by atoms with Crippen molar-refractivity contribution in [3.63, 3.8) is 0 Å². The molecular formula is C18H24ClN3O3. The van der Waals surface area contributed by atoms with E-state index < -0.39 is 0 Å². The van der Waals surface area contributed by atoms with Gasteiger partial charge in [0.15, 0.2) is 0 Å². The first-order valence-electron chi connectivity index (χ1n) is 8.80. The van der Waals surface area contributed by atoms with E-state index >= 15 is 0 Å². The average Bonchev–Trinajstić information content (AvgIpc) is 3.08. The van der Waals surface area contributed by atoms with Crippen LogP contribution in [-0.4, -0.2) is 66.7 Å². The Hall–Kier alpha value is -1.79. The molecule has 136 valence electrons. The second-order valence-corrected chi connectivity index (χ2v) is 6.89. The number of urea groups is 1. The first kappa shape index (κ1) is 18.0. The molecule has 2 heterocycles. The number of nitrogens with zero attached hydrogens (tertiary/aromatic N) is 2. The Kier molecular flexibility index (Phi) is 5.81. The number of rotatable bonds is 3. The van der Waals surface area contributed by atoms with Gasteiger partial charge in [-0.2, -0.15) is 0 Å². The number of carbonyl (C=O) groups excluding carboxylic acids is 2. The lowest BCUT2D eigenvalue weighted by molar-refractivity contribution is 0.0656. The molecule has 0 unspecified atom stereocenters. The fraction of sp³-hybridized carbons (Fsp3) is 0.556. The van der Waals surface area contributed by atoms with E-state index in [2.05, 4.69) is 12.2 Å². The maximum absolute atomic E-state index is 12.5. The van der Waals surface area contributed by atoms with Gasteiger partial charge >= 0.3 is 6.03 Å². The SMILES string of the molecule is CC[C@@H]1OCC[C@H]1NC(=O)N1CCN(C(=O)c2cccc(Cl)c2)CC1. The summed E-state index contributed by atoms with van der Waals surface area (Å²) in [4.78, 5) is 28.5. The maximum Gasteiger partial charge on any atom is 0.317 e. The van der Waals surface area contributed by atoms with Crippen molar-refractivity contribution in [3.05, 3.63) is 34.9 Å². The number of amides is 3. The van der Waals surface area contributed by atoms with Gasteiger partial charge < -0.3 is 19.9 Å². The van der Waals surface area contributed by atoms with E-state index in [9.17, 15) is 9.59 Å². The van der Waals surface area contributed by atoms with Crippen molar-refractivity contribution in [3.8, 4) is 0 Å². The van der Waals surface area contributed by atoms with Gasteiger partial charge in [0.05, 0.1) is 12.1 Å². The summed E-state index contributed by atoms with van der Waals surface area (Å²) in [6.07, 6.45) is 1.86. The molecule has 2 aliphatic rings. The van der Waals surface area contributed by atoms with E-state index in [1.807, 2.05) is 0 Å². The predicted molar refractivity (Wildman–Crippen MR) is 95.9 cm³/mol. The average molecular weight is 366 g/mol. The van der Waals surface area contributed by atoms with E-state index in [0.29, 0.717) is 43.4 Å². The zero-order valence-corrected chi connectivity index (χ0v) is 15.2. The van der Waals surface area contributed by atoms with Crippen LogP contribution in [0, 0.1) is 0 Å². The molecule has 1 aromatic carbocycles. The molecule has 2 aliphatic heterocycles. The number of nitrogens with one attached hydrogen (secondary N) is 1. The van der Waals surface area contributed by atoms with Crippen LogP contribution >= 0.6 is 11.6 Å². The molecule has 0 saturated carbocycles. The minimum atomic E-state index is -0.0659. The Labute approximate surface area is 153 Å². The number of carbonyl (C=O) groups is 2.